The van der Waals surface area contributed by atoms with Gasteiger partial charge in [-0.05, 0) is 39.4 Å². The van der Waals surface area contributed by atoms with Gasteiger partial charge in [0.1, 0.15) is 0 Å². The standard InChI is InChI=1S/C20H18S2/c21-13-15-4-8-17(9-5-15)19-2-1-3-20(12-19)18-10-6-16(14-22)7-11-18/h1-12,21-22H,13-14H2. The third-order valence-corrected chi connectivity index (χ3v) is 4.53. The lowest BCUT2D eigenvalue weighted by Crippen LogP contribution is -1.84. The van der Waals surface area contributed by atoms with Gasteiger partial charge in [-0.25, -0.2) is 0 Å². The van der Waals surface area contributed by atoms with Crippen LogP contribution in [-0.4, -0.2) is 0 Å². The van der Waals surface area contributed by atoms with Crippen LogP contribution >= 0.6 is 25.3 Å². The quantitative estimate of drug-likeness (QED) is 0.551. The minimum atomic E-state index is 0.776. The van der Waals surface area contributed by atoms with E-state index in [1.807, 2.05) is 0 Å². The highest BCUT2D eigenvalue weighted by Crippen LogP contribution is 2.27. The van der Waals surface area contributed by atoms with Crippen LogP contribution < -0.4 is 0 Å². The number of hydrogen-bond acceptors (Lipinski definition) is 2. The molecule has 0 nitrogen and oxygen atoms in total. The molecule has 2 heteroatoms. The van der Waals surface area contributed by atoms with Crippen molar-refractivity contribution in [2.24, 2.45) is 0 Å². The van der Waals surface area contributed by atoms with Gasteiger partial charge in [0.05, 0.1) is 0 Å². The highest BCUT2D eigenvalue weighted by atomic mass is 32.1. The van der Waals surface area contributed by atoms with E-state index >= 15 is 0 Å². The SMILES string of the molecule is SCc1ccc(-c2cccc(-c3ccc(CS)cc3)c2)cc1. The molecule has 0 radical (unpaired) electrons. The second kappa shape index (κ2) is 7.08. The van der Waals surface area contributed by atoms with E-state index < -0.39 is 0 Å². The molecule has 0 aromatic heterocycles. The second-order valence-electron chi connectivity index (χ2n) is 5.29. The molecule has 0 N–H and O–H groups in total. The summed E-state index contributed by atoms with van der Waals surface area (Å²) in [5.41, 5.74) is 7.43. The Morgan fingerprint density at radius 3 is 1.27 bits per heavy atom. The smallest absolute Gasteiger partial charge is 0.0154 e. The molecule has 0 heterocycles. The van der Waals surface area contributed by atoms with Crippen LogP contribution in [0.5, 0.6) is 0 Å². The van der Waals surface area contributed by atoms with Crippen molar-refractivity contribution in [2.45, 2.75) is 11.5 Å². The van der Waals surface area contributed by atoms with E-state index in [9.17, 15) is 0 Å². The molecule has 0 aliphatic carbocycles. The van der Waals surface area contributed by atoms with Gasteiger partial charge in [0.2, 0.25) is 0 Å². The van der Waals surface area contributed by atoms with Crippen LogP contribution in [0.4, 0.5) is 0 Å². The minimum absolute atomic E-state index is 0.776. The molecule has 3 rings (SSSR count). The van der Waals surface area contributed by atoms with Gasteiger partial charge in [-0.1, -0.05) is 66.7 Å². The van der Waals surface area contributed by atoms with Crippen LogP contribution in [0.25, 0.3) is 22.3 Å². The fourth-order valence-electron chi connectivity index (χ4n) is 2.48. The van der Waals surface area contributed by atoms with E-state index in [0.717, 1.165) is 11.5 Å². The van der Waals surface area contributed by atoms with Gasteiger partial charge in [-0.2, -0.15) is 25.3 Å². The lowest BCUT2D eigenvalue weighted by Gasteiger charge is -2.07. The van der Waals surface area contributed by atoms with Crippen molar-refractivity contribution in [3.05, 3.63) is 83.9 Å². The molecular formula is C20H18S2. The molecule has 0 saturated carbocycles. The van der Waals surface area contributed by atoms with Crippen molar-refractivity contribution >= 4 is 25.3 Å². The summed E-state index contributed by atoms with van der Waals surface area (Å²) in [6.07, 6.45) is 0. The van der Waals surface area contributed by atoms with Crippen LogP contribution in [0.1, 0.15) is 11.1 Å². The Kier molecular flexibility index (Phi) is 4.91. The van der Waals surface area contributed by atoms with E-state index in [1.165, 1.54) is 33.4 Å². The predicted octanol–water partition coefficient (Wildman–Crippen LogP) is 5.88. The summed E-state index contributed by atoms with van der Waals surface area (Å²) in [5.74, 6) is 1.55. The van der Waals surface area contributed by atoms with Crippen molar-refractivity contribution < 1.29 is 0 Å². The van der Waals surface area contributed by atoms with E-state index in [2.05, 4.69) is 98.1 Å². The molecular weight excluding hydrogens is 304 g/mol. The summed E-state index contributed by atoms with van der Waals surface area (Å²) in [6, 6.07) is 25.9. The molecule has 0 fully saturated rings. The fourth-order valence-corrected chi connectivity index (χ4v) is 2.91. The predicted molar refractivity (Wildman–Crippen MR) is 103 cm³/mol. The van der Waals surface area contributed by atoms with Crippen molar-refractivity contribution in [3.63, 3.8) is 0 Å². The summed E-state index contributed by atoms with van der Waals surface area (Å²) in [5, 5.41) is 0. The molecule has 0 aliphatic rings. The lowest BCUT2D eigenvalue weighted by molar-refractivity contribution is 1.42. The minimum Gasteiger partial charge on any atom is -0.175 e. The van der Waals surface area contributed by atoms with Gasteiger partial charge in [-0.15, -0.1) is 0 Å². The van der Waals surface area contributed by atoms with Gasteiger partial charge in [0, 0.05) is 11.5 Å². The number of benzene rings is 3. The third-order valence-electron chi connectivity index (χ3n) is 3.80. The molecule has 3 aromatic rings. The number of thiol groups is 2. The molecule has 110 valence electrons. The zero-order valence-corrected chi connectivity index (χ0v) is 14.0. The van der Waals surface area contributed by atoms with Crippen LogP contribution in [0.3, 0.4) is 0 Å². The summed E-state index contributed by atoms with van der Waals surface area (Å²) >= 11 is 8.61. The number of rotatable bonds is 4. The zero-order chi connectivity index (χ0) is 15.4. The van der Waals surface area contributed by atoms with Gasteiger partial charge in [0.25, 0.3) is 0 Å². The maximum absolute atomic E-state index is 4.31. The second-order valence-corrected chi connectivity index (χ2v) is 5.92. The summed E-state index contributed by atoms with van der Waals surface area (Å²) in [7, 11) is 0. The van der Waals surface area contributed by atoms with Crippen molar-refractivity contribution in [1.29, 1.82) is 0 Å². The first-order valence-corrected chi connectivity index (χ1v) is 8.57. The molecule has 3 aromatic carbocycles. The Morgan fingerprint density at radius 2 is 0.909 bits per heavy atom. The molecule has 0 amide bonds. The first-order valence-electron chi connectivity index (χ1n) is 7.30. The van der Waals surface area contributed by atoms with E-state index in [0.29, 0.717) is 0 Å². The molecule has 0 saturated heterocycles. The summed E-state index contributed by atoms with van der Waals surface area (Å²) < 4.78 is 0. The first-order chi connectivity index (χ1) is 10.8. The summed E-state index contributed by atoms with van der Waals surface area (Å²) in [4.78, 5) is 0. The van der Waals surface area contributed by atoms with Crippen molar-refractivity contribution in [1.82, 2.24) is 0 Å². The maximum Gasteiger partial charge on any atom is 0.0154 e. The van der Waals surface area contributed by atoms with Crippen LogP contribution in [-0.2, 0) is 11.5 Å². The van der Waals surface area contributed by atoms with Crippen LogP contribution in [0.15, 0.2) is 72.8 Å². The monoisotopic (exact) mass is 322 g/mol. The maximum atomic E-state index is 4.31. The summed E-state index contributed by atoms with van der Waals surface area (Å²) in [6.45, 7) is 0. The zero-order valence-electron chi connectivity index (χ0n) is 12.2. The Morgan fingerprint density at radius 1 is 0.500 bits per heavy atom. The highest BCUT2D eigenvalue weighted by Gasteiger charge is 2.02. The number of hydrogen-bond donors (Lipinski definition) is 2. The third kappa shape index (κ3) is 3.40. The van der Waals surface area contributed by atoms with Gasteiger partial charge in [0.15, 0.2) is 0 Å². The molecule has 0 spiro atoms. The Bertz CT molecular complexity index is 681. The van der Waals surface area contributed by atoms with Gasteiger partial charge < -0.3 is 0 Å². The lowest BCUT2D eigenvalue weighted by atomic mass is 9.98. The molecule has 0 aliphatic heterocycles. The van der Waals surface area contributed by atoms with Gasteiger partial charge in [-0.3, -0.25) is 0 Å². The van der Waals surface area contributed by atoms with Crippen molar-refractivity contribution in [3.8, 4) is 22.3 Å². The van der Waals surface area contributed by atoms with E-state index in [-0.39, 0.29) is 0 Å². The van der Waals surface area contributed by atoms with Crippen LogP contribution in [0.2, 0.25) is 0 Å². The topological polar surface area (TPSA) is 0 Å². The average molecular weight is 322 g/mol. The Labute approximate surface area is 143 Å². The van der Waals surface area contributed by atoms with Gasteiger partial charge >= 0.3 is 0 Å². The fraction of sp³-hybridized carbons (Fsp3) is 0.100. The first kappa shape index (κ1) is 15.3. The molecule has 0 atom stereocenters. The largest absolute Gasteiger partial charge is 0.175 e. The van der Waals surface area contributed by atoms with E-state index in [1.54, 1.807) is 0 Å². The molecule has 0 bridgehead atoms. The molecule has 0 unspecified atom stereocenters. The highest BCUT2D eigenvalue weighted by molar-refractivity contribution is 7.79. The Balaban J connectivity index is 1.93. The van der Waals surface area contributed by atoms with Crippen molar-refractivity contribution in [2.75, 3.05) is 0 Å². The van der Waals surface area contributed by atoms with Crippen LogP contribution in [0, 0.1) is 0 Å². The Hall–Kier alpha value is -1.64. The molecule has 22 heavy (non-hydrogen) atoms. The normalized spacial score (nSPS) is 10.6. The average Bonchev–Trinajstić information content (AvgIpc) is 2.62. The van der Waals surface area contributed by atoms with E-state index in [4.69, 9.17) is 0 Å².